The van der Waals surface area contributed by atoms with Crippen LogP contribution in [0.2, 0.25) is 0 Å². The molecule has 0 fully saturated rings. The molecule has 0 aromatic heterocycles. The van der Waals surface area contributed by atoms with Gasteiger partial charge in [-0.3, -0.25) is 0 Å². The van der Waals surface area contributed by atoms with Crippen LogP contribution >= 0.6 is 8.03 Å². The summed E-state index contributed by atoms with van der Waals surface area (Å²) in [6.45, 7) is 1.14. The third-order valence-corrected chi connectivity index (χ3v) is 2.72. The van der Waals surface area contributed by atoms with Gasteiger partial charge in [0, 0.05) is 12.5 Å². The molecule has 0 aliphatic heterocycles. The molecule has 3 nitrogen and oxygen atoms in total. The quantitative estimate of drug-likeness (QED) is 0.730. The molecular formula is C8H8FO3P. The van der Waals surface area contributed by atoms with Crippen LogP contribution < -0.4 is 4.89 Å². The van der Waals surface area contributed by atoms with Gasteiger partial charge in [0.25, 0.3) is 5.34 Å². The number of rotatable bonds is 2. The van der Waals surface area contributed by atoms with E-state index in [1.165, 1.54) is 12.1 Å². The van der Waals surface area contributed by atoms with Crippen molar-refractivity contribution in [3.05, 3.63) is 35.6 Å². The number of aliphatic hydroxyl groups is 1. The maximum absolute atomic E-state index is 12.4. The van der Waals surface area contributed by atoms with Gasteiger partial charge in [-0.25, -0.2) is 4.39 Å². The van der Waals surface area contributed by atoms with Gasteiger partial charge in [0.1, 0.15) is 5.82 Å². The Balaban J connectivity index is 3.08. The van der Waals surface area contributed by atoms with Crippen molar-refractivity contribution >= 4 is 8.03 Å². The summed E-state index contributed by atoms with van der Waals surface area (Å²) < 4.78 is 23.0. The van der Waals surface area contributed by atoms with Gasteiger partial charge in [0.15, 0.2) is 0 Å². The van der Waals surface area contributed by atoms with Gasteiger partial charge in [-0.05, 0) is 24.3 Å². The first-order valence-corrected chi connectivity index (χ1v) is 4.75. The van der Waals surface area contributed by atoms with Gasteiger partial charge in [-0.1, -0.05) is 4.57 Å². The van der Waals surface area contributed by atoms with Crippen LogP contribution in [-0.2, 0) is 9.91 Å². The van der Waals surface area contributed by atoms with E-state index in [0.717, 1.165) is 19.1 Å². The van der Waals surface area contributed by atoms with Gasteiger partial charge in [0.05, 0.1) is 0 Å². The lowest BCUT2D eigenvalue weighted by atomic mass is 10.1. The monoisotopic (exact) mass is 202 g/mol. The highest BCUT2D eigenvalue weighted by Gasteiger charge is 2.37. The van der Waals surface area contributed by atoms with Gasteiger partial charge in [-0.15, -0.1) is 0 Å². The first kappa shape index (κ1) is 10.3. The topological polar surface area (TPSA) is 60.4 Å². The molecular weight excluding hydrogens is 194 g/mol. The Kier molecular flexibility index (Phi) is 2.76. The molecule has 2 unspecified atom stereocenters. The zero-order valence-electron chi connectivity index (χ0n) is 6.90. The van der Waals surface area contributed by atoms with E-state index in [1.54, 1.807) is 0 Å². The maximum atomic E-state index is 12.4. The van der Waals surface area contributed by atoms with E-state index in [1.807, 2.05) is 0 Å². The fraction of sp³-hybridized carbons (Fsp3) is 0.250. The van der Waals surface area contributed by atoms with Gasteiger partial charge in [0.2, 0.25) is 0 Å². The summed E-state index contributed by atoms with van der Waals surface area (Å²) in [5.41, 5.74) is 0.157. The molecule has 2 atom stereocenters. The second-order valence-corrected chi connectivity index (χ2v) is 4.17. The predicted molar refractivity (Wildman–Crippen MR) is 43.6 cm³/mol. The first-order valence-electron chi connectivity index (χ1n) is 3.57. The molecule has 0 aliphatic rings. The van der Waals surface area contributed by atoms with E-state index >= 15 is 0 Å². The minimum absolute atomic E-state index is 0.157. The number of halogens is 1. The highest BCUT2D eigenvalue weighted by atomic mass is 31.1. The van der Waals surface area contributed by atoms with E-state index < -0.39 is 19.2 Å². The molecule has 0 spiro atoms. The SMILES string of the molecule is CC(O)(c1ccc(F)cc1)[P+](=O)[O-]. The molecule has 0 saturated carbocycles. The maximum Gasteiger partial charge on any atom is 0.349 e. The highest BCUT2D eigenvalue weighted by molar-refractivity contribution is 7.37. The molecule has 0 heterocycles. The Hall–Kier alpha value is -0.830. The lowest BCUT2D eigenvalue weighted by molar-refractivity contribution is -0.179. The fourth-order valence-corrected chi connectivity index (χ4v) is 1.23. The van der Waals surface area contributed by atoms with Crippen molar-refractivity contribution in [3.8, 4) is 0 Å². The summed E-state index contributed by atoms with van der Waals surface area (Å²) in [6.07, 6.45) is 0. The zero-order chi connectivity index (χ0) is 10.1. The molecule has 0 radical (unpaired) electrons. The average Bonchev–Trinajstić information content (AvgIpc) is 2.04. The second kappa shape index (κ2) is 3.50. The van der Waals surface area contributed by atoms with Crippen LogP contribution in [0.3, 0.4) is 0 Å². The van der Waals surface area contributed by atoms with Crippen molar-refractivity contribution in [2.75, 3.05) is 0 Å². The van der Waals surface area contributed by atoms with Crippen LogP contribution in [0.15, 0.2) is 24.3 Å². The summed E-state index contributed by atoms with van der Waals surface area (Å²) in [4.78, 5) is 10.6. The molecule has 1 aromatic carbocycles. The van der Waals surface area contributed by atoms with Crippen LogP contribution in [0.1, 0.15) is 12.5 Å². The molecule has 0 aliphatic carbocycles. The Morgan fingerprint density at radius 1 is 1.46 bits per heavy atom. The highest BCUT2D eigenvalue weighted by Crippen LogP contribution is 2.38. The van der Waals surface area contributed by atoms with Crippen LogP contribution in [0, 0.1) is 5.82 Å². The Labute approximate surface area is 75.7 Å². The van der Waals surface area contributed by atoms with E-state index in [-0.39, 0.29) is 5.56 Å². The Morgan fingerprint density at radius 2 is 1.92 bits per heavy atom. The van der Waals surface area contributed by atoms with Crippen molar-refractivity contribution < 1.29 is 19.0 Å². The third kappa shape index (κ3) is 2.10. The largest absolute Gasteiger partial charge is 0.593 e. The summed E-state index contributed by atoms with van der Waals surface area (Å²) in [5.74, 6) is -0.472. The molecule has 0 saturated heterocycles. The molecule has 1 N–H and O–H groups in total. The van der Waals surface area contributed by atoms with Crippen LogP contribution in [0.25, 0.3) is 0 Å². The molecule has 5 heteroatoms. The first-order chi connectivity index (χ1) is 5.94. The smallest absolute Gasteiger partial charge is 0.349 e. The third-order valence-electron chi connectivity index (χ3n) is 1.75. The fourth-order valence-electron chi connectivity index (χ4n) is 0.871. The molecule has 70 valence electrons. The van der Waals surface area contributed by atoms with Crippen molar-refractivity contribution in [1.82, 2.24) is 0 Å². The van der Waals surface area contributed by atoms with Gasteiger partial charge >= 0.3 is 8.03 Å². The molecule has 1 aromatic rings. The van der Waals surface area contributed by atoms with E-state index in [4.69, 9.17) is 0 Å². The predicted octanol–water partition coefficient (Wildman–Crippen LogP) is 1.09. The van der Waals surface area contributed by atoms with Gasteiger partial charge < -0.3 is 10.00 Å². The van der Waals surface area contributed by atoms with Crippen LogP contribution in [-0.4, -0.2) is 5.11 Å². The van der Waals surface area contributed by atoms with Crippen molar-refractivity contribution in [3.63, 3.8) is 0 Å². The summed E-state index contributed by atoms with van der Waals surface area (Å²) >= 11 is 0. The molecule has 0 amide bonds. The van der Waals surface area contributed by atoms with E-state index in [9.17, 15) is 19.0 Å². The summed E-state index contributed by atoms with van der Waals surface area (Å²) in [6, 6.07) is 4.67. The average molecular weight is 202 g/mol. The van der Waals surface area contributed by atoms with Crippen LogP contribution in [0.5, 0.6) is 0 Å². The normalized spacial score (nSPS) is 16.5. The molecule has 1 rings (SSSR count). The minimum atomic E-state index is -3.00. The second-order valence-electron chi connectivity index (χ2n) is 2.78. The molecule has 0 bridgehead atoms. The summed E-state index contributed by atoms with van der Waals surface area (Å²) in [7, 11) is -3.00. The summed E-state index contributed by atoms with van der Waals surface area (Å²) in [5, 5.41) is 7.51. The zero-order valence-corrected chi connectivity index (χ0v) is 7.79. The lowest BCUT2D eigenvalue weighted by Crippen LogP contribution is -2.20. The van der Waals surface area contributed by atoms with Crippen molar-refractivity contribution in [2.45, 2.75) is 12.3 Å². The number of hydrogen-bond acceptors (Lipinski definition) is 3. The molecule has 13 heavy (non-hydrogen) atoms. The van der Waals surface area contributed by atoms with E-state index in [0.29, 0.717) is 0 Å². The lowest BCUT2D eigenvalue weighted by Gasteiger charge is -2.13. The van der Waals surface area contributed by atoms with Crippen LogP contribution in [0.4, 0.5) is 4.39 Å². The van der Waals surface area contributed by atoms with E-state index in [2.05, 4.69) is 0 Å². The minimum Gasteiger partial charge on any atom is -0.593 e. The Bertz CT molecular complexity index is 321. The number of benzene rings is 1. The van der Waals surface area contributed by atoms with Crippen molar-refractivity contribution in [1.29, 1.82) is 0 Å². The van der Waals surface area contributed by atoms with Crippen molar-refractivity contribution in [2.24, 2.45) is 0 Å². The standard InChI is InChI=1S/C8H8FO3P/c1-8(10,13(11)12)6-2-4-7(9)5-3-6/h2-5,10H,1H3. The Morgan fingerprint density at radius 3 is 2.31 bits per heavy atom. The number of hydrogen-bond donors (Lipinski definition) is 1. The van der Waals surface area contributed by atoms with Gasteiger partial charge in [-0.2, -0.15) is 0 Å².